The predicted molar refractivity (Wildman–Crippen MR) is 150 cm³/mol. The number of fused-ring (bicyclic) bond motifs is 1. The van der Waals surface area contributed by atoms with E-state index in [1.807, 2.05) is 24.3 Å². The second kappa shape index (κ2) is 14.2. The second-order valence-corrected chi connectivity index (χ2v) is 11.7. The number of alkyl carbamates (subject to hydrolysis) is 1. The number of rotatable bonds is 9. The number of nitrogens with zero attached hydrogens (tertiary/aromatic N) is 2. The number of carbonyl (C=O) groups excluding carboxylic acids is 2. The van der Waals surface area contributed by atoms with Gasteiger partial charge in [0.2, 0.25) is 5.91 Å². The molecule has 0 unspecified atom stereocenters. The maximum absolute atomic E-state index is 13.2. The monoisotopic (exact) mass is 529 g/mol. The number of aliphatic carboxylic acids is 1. The van der Waals surface area contributed by atoms with Crippen LogP contribution in [-0.4, -0.2) is 70.3 Å². The Labute approximate surface area is 226 Å². The van der Waals surface area contributed by atoms with E-state index in [4.69, 9.17) is 4.74 Å². The molecule has 1 aromatic carbocycles. The van der Waals surface area contributed by atoms with Crippen molar-refractivity contribution in [2.45, 2.75) is 85.4 Å². The molecule has 2 amide bonds. The summed E-state index contributed by atoms with van der Waals surface area (Å²) in [6.07, 6.45) is 2.36. The summed E-state index contributed by atoms with van der Waals surface area (Å²) in [4.78, 5) is 41.6. The molecule has 9 heteroatoms. The van der Waals surface area contributed by atoms with Crippen molar-refractivity contribution in [3.63, 3.8) is 0 Å². The Morgan fingerprint density at radius 1 is 1.13 bits per heavy atom. The Bertz CT molecular complexity index is 1050. The number of benzene rings is 1. The molecular formula is C29H45N4O5-. The van der Waals surface area contributed by atoms with Gasteiger partial charge in [0.05, 0.1) is 0 Å². The van der Waals surface area contributed by atoms with Crippen LogP contribution in [0, 0.1) is 11.8 Å². The first kappa shape index (κ1) is 31.1. The zero-order chi connectivity index (χ0) is 28.5. The summed E-state index contributed by atoms with van der Waals surface area (Å²) in [6, 6.07) is 5.88. The largest absolute Gasteiger partial charge is 0.662 e. The minimum atomic E-state index is -1.03. The van der Waals surface area contributed by atoms with E-state index in [1.165, 1.54) is 4.90 Å². The number of hydrogen-bond acceptors (Lipinski definition) is 4. The predicted octanol–water partition coefficient (Wildman–Crippen LogP) is 5.35. The Hall–Kier alpha value is -3.07. The average molecular weight is 530 g/mol. The first-order valence-corrected chi connectivity index (χ1v) is 13.5. The third kappa shape index (κ3) is 10.0. The van der Waals surface area contributed by atoms with E-state index in [2.05, 4.69) is 43.3 Å². The molecule has 9 nitrogen and oxygen atoms in total. The standard InChI is InChI=1S/C21H27N3O5.C8H18N/c1-21(2,3)29-20(28)23-16(18(25)24-10-6-9-17(24)19(26)27)11-13-12-22-15-8-5-4-7-14(13)15;1-7(2)5-9-6-8(3)4/h4-5,7-8,12,16-17,22H,6,9-11H2,1-3H3,(H,23,28)(H,26,27);7-8H,5-6H2,1-4H3/q;-1/t16-,17-;/m1./s1. The molecule has 1 aliphatic heterocycles. The van der Waals surface area contributed by atoms with E-state index in [9.17, 15) is 19.5 Å². The van der Waals surface area contributed by atoms with Crippen molar-refractivity contribution >= 4 is 28.9 Å². The number of carboxylic acids is 1. The van der Waals surface area contributed by atoms with Crippen molar-refractivity contribution in [3.05, 3.63) is 41.3 Å². The Balaban J connectivity index is 0.000000484. The highest BCUT2D eigenvalue weighted by atomic mass is 16.6. The van der Waals surface area contributed by atoms with E-state index in [0.717, 1.165) is 41.4 Å². The lowest BCUT2D eigenvalue weighted by atomic mass is 10.0. The number of carboxylic acid groups (broad SMARTS) is 1. The molecule has 2 heterocycles. The van der Waals surface area contributed by atoms with Crippen LogP contribution in [0.25, 0.3) is 16.2 Å². The quantitative estimate of drug-likeness (QED) is 0.404. The van der Waals surface area contributed by atoms with Gasteiger partial charge in [0.15, 0.2) is 0 Å². The van der Waals surface area contributed by atoms with Crippen molar-refractivity contribution in [2.75, 3.05) is 19.6 Å². The van der Waals surface area contributed by atoms with Crippen molar-refractivity contribution in [3.8, 4) is 0 Å². The number of aromatic amines is 1. The number of amides is 2. The molecule has 1 aliphatic rings. The summed E-state index contributed by atoms with van der Waals surface area (Å²) in [5, 5.41) is 17.4. The van der Waals surface area contributed by atoms with Gasteiger partial charge in [-0.15, -0.1) is 13.1 Å². The van der Waals surface area contributed by atoms with Crippen LogP contribution in [0.15, 0.2) is 30.5 Å². The number of nitrogens with one attached hydrogen (secondary N) is 2. The van der Waals surface area contributed by atoms with Gasteiger partial charge in [0.25, 0.3) is 0 Å². The first-order valence-electron chi connectivity index (χ1n) is 13.5. The highest BCUT2D eigenvalue weighted by molar-refractivity contribution is 5.91. The zero-order valence-electron chi connectivity index (χ0n) is 23.9. The number of carbonyl (C=O) groups is 3. The van der Waals surface area contributed by atoms with E-state index < -0.39 is 35.7 Å². The maximum atomic E-state index is 13.2. The lowest BCUT2D eigenvalue weighted by molar-refractivity contribution is -0.149. The number of likely N-dealkylation sites (tertiary alicyclic amines) is 1. The van der Waals surface area contributed by atoms with Crippen LogP contribution in [0.5, 0.6) is 0 Å². The van der Waals surface area contributed by atoms with Gasteiger partial charge in [0, 0.05) is 30.1 Å². The van der Waals surface area contributed by atoms with Gasteiger partial charge in [-0.2, -0.15) is 0 Å². The molecule has 2 atom stereocenters. The molecule has 2 aromatic rings. The highest BCUT2D eigenvalue weighted by Gasteiger charge is 2.38. The van der Waals surface area contributed by atoms with Gasteiger partial charge >= 0.3 is 12.1 Å². The van der Waals surface area contributed by atoms with Gasteiger partial charge in [-0.3, -0.25) is 4.79 Å². The molecule has 1 saturated heterocycles. The van der Waals surface area contributed by atoms with Gasteiger partial charge in [-0.25, -0.2) is 9.59 Å². The molecule has 1 fully saturated rings. The van der Waals surface area contributed by atoms with Crippen LogP contribution in [0.1, 0.15) is 66.9 Å². The number of aromatic nitrogens is 1. The topological polar surface area (TPSA) is 126 Å². The molecule has 212 valence electrons. The molecule has 1 aromatic heterocycles. The fourth-order valence-corrected chi connectivity index (χ4v) is 4.25. The number of H-pyrrole nitrogens is 1. The van der Waals surface area contributed by atoms with Crippen molar-refractivity contribution in [1.29, 1.82) is 0 Å². The minimum Gasteiger partial charge on any atom is -0.662 e. The zero-order valence-corrected chi connectivity index (χ0v) is 23.9. The Morgan fingerprint density at radius 3 is 2.34 bits per heavy atom. The van der Waals surface area contributed by atoms with Crippen LogP contribution in [-0.2, 0) is 20.7 Å². The molecule has 0 bridgehead atoms. The number of para-hydroxylation sites is 1. The van der Waals surface area contributed by atoms with E-state index in [0.29, 0.717) is 19.4 Å². The molecule has 38 heavy (non-hydrogen) atoms. The third-order valence-electron chi connectivity index (χ3n) is 5.90. The van der Waals surface area contributed by atoms with Crippen molar-refractivity contribution in [1.82, 2.24) is 15.2 Å². The van der Waals surface area contributed by atoms with Gasteiger partial charge in [0.1, 0.15) is 17.7 Å². The van der Waals surface area contributed by atoms with E-state index in [1.54, 1.807) is 27.0 Å². The van der Waals surface area contributed by atoms with Crippen LogP contribution in [0.4, 0.5) is 4.79 Å². The maximum Gasteiger partial charge on any atom is 0.408 e. The molecule has 0 saturated carbocycles. The summed E-state index contributed by atoms with van der Waals surface area (Å²) >= 11 is 0. The van der Waals surface area contributed by atoms with Gasteiger partial charge < -0.3 is 30.4 Å². The minimum absolute atomic E-state index is 0.227. The van der Waals surface area contributed by atoms with Crippen LogP contribution in [0.3, 0.4) is 0 Å². The van der Waals surface area contributed by atoms with Crippen LogP contribution < -0.4 is 5.32 Å². The molecule has 3 N–H and O–H groups in total. The Morgan fingerprint density at radius 2 is 1.76 bits per heavy atom. The second-order valence-electron chi connectivity index (χ2n) is 11.7. The van der Waals surface area contributed by atoms with E-state index >= 15 is 0 Å². The van der Waals surface area contributed by atoms with Gasteiger partial charge in [-0.05, 0) is 45.2 Å². The van der Waals surface area contributed by atoms with Crippen LogP contribution in [0.2, 0.25) is 0 Å². The number of hydrogen-bond donors (Lipinski definition) is 3. The summed E-state index contributed by atoms with van der Waals surface area (Å²) in [5.74, 6) is 0.0116. The smallest absolute Gasteiger partial charge is 0.408 e. The SMILES string of the molecule is CC(C)(C)OC(=O)N[C@H](Cc1c[nH]c2ccccc12)C(=O)N1CCC[C@@H]1C(=O)O.CC(C)C[N-]CC(C)C. The summed E-state index contributed by atoms with van der Waals surface area (Å²) in [7, 11) is 0. The molecule has 0 aliphatic carbocycles. The van der Waals surface area contributed by atoms with Crippen molar-refractivity contribution < 1.29 is 24.2 Å². The molecule has 0 radical (unpaired) electrons. The molecular weight excluding hydrogens is 484 g/mol. The summed E-state index contributed by atoms with van der Waals surface area (Å²) in [5.41, 5.74) is 1.08. The molecule has 0 spiro atoms. The normalized spacial score (nSPS) is 16.3. The first-order chi connectivity index (χ1) is 17.8. The lowest BCUT2D eigenvalue weighted by Crippen LogP contribution is -2.53. The van der Waals surface area contributed by atoms with Crippen LogP contribution >= 0.6 is 0 Å². The fourth-order valence-electron chi connectivity index (χ4n) is 4.25. The lowest BCUT2D eigenvalue weighted by Gasteiger charge is -2.28. The third-order valence-corrected chi connectivity index (χ3v) is 5.90. The highest BCUT2D eigenvalue weighted by Crippen LogP contribution is 2.23. The number of ether oxygens (including phenoxy) is 1. The van der Waals surface area contributed by atoms with Gasteiger partial charge in [-0.1, -0.05) is 57.7 Å². The summed E-state index contributed by atoms with van der Waals surface area (Å²) in [6.45, 7) is 16.4. The fraction of sp³-hybridized carbons (Fsp3) is 0.621. The molecule has 3 rings (SSSR count). The van der Waals surface area contributed by atoms with Crippen molar-refractivity contribution in [2.24, 2.45) is 11.8 Å². The average Bonchev–Trinajstić information content (AvgIpc) is 3.45. The summed E-state index contributed by atoms with van der Waals surface area (Å²) < 4.78 is 5.32. The Kier molecular flexibility index (Phi) is 11.6. The van der Waals surface area contributed by atoms with E-state index in [-0.39, 0.29) is 6.42 Å².